The Bertz CT molecular complexity index is 572. The second-order valence-electron chi connectivity index (χ2n) is 3.72. The second kappa shape index (κ2) is 5.06. The third-order valence-electron chi connectivity index (χ3n) is 2.42. The average molecular weight is 263 g/mol. The number of halogens is 1. The zero-order chi connectivity index (χ0) is 13.1. The van der Waals surface area contributed by atoms with Crippen LogP contribution in [-0.4, -0.2) is 5.91 Å². The van der Waals surface area contributed by atoms with Gasteiger partial charge in [0.1, 0.15) is 5.69 Å². The molecule has 0 radical (unpaired) electrons. The summed E-state index contributed by atoms with van der Waals surface area (Å²) in [6.07, 6.45) is 1.27. The molecule has 0 saturated carbocycles. The molecule has 1 aromatic heterocycles. The van der Waals surface area contributed by atoms with Gasteiger partial charge in [-0.05, 0) is 18.2 Å². The molecule has 0 fully saturated rings. The van der Waals surface area contributed by atoms with Crippen LogP contribution in [-0.2, 0) is 4.79 Å². The third-order valence-corrected chi connectivity index (χ3v) is 2.66. The molecule has 5 heteroatoms. The van der Waals surface area contributed by atoms with Crippen molar-refractivity contribution in [2.45, 2.75) is 6.92 Å². The Hall–Kier alpha value is -2.07. The fraction of sp³-hybridized carbons (Fsp3) is 0.0769. The molecule has 0 bridgehead atoms. The van der Waals surface area contributed by atoms with Crippen molar-refractivity contribution in [2.24, 2.45) is 0 Å². The van der Waals surface area contributed by atoms with Gasteiger partial charge in [0, 0.05) is 13.0 Å². The normalized spacial score (nSPS) is 10.1. The number of amides is 1. The first-order valence-electron chi connectivity index (χ1n) is 5.34. The largest absolute Gasteiger partial charge is 0.711 e. The van der Waals surface area contributed by atoms with Crippen molar-refractivity contribution >= 4 is 29.0 Å². The summed E-state index contributed by atoms with van der Waals surface area (Å²) in [5.74, 6) is -0.0748. The average Bonchev–Trinajstić information content (AvgIpc) is 2.35. The van der Waals surface area contributed by atoms with Crippen LogP contribution in [0.15, 0.2) is 48.7 Å². The van der Waals surface area contributed by atoms with Gasteiger partial charge in [-0.25, -0.2) is 9.52 Å². The summed E-state index contributed by atoms with van der Waals surface area (Å²) in [5.41, 5.74) is 0.622. The smallest absolute Gasteiger partial charge is 0.311 e. The predicted octanol–water partition coefficient (Wildman–Crippen LogP) is 2.66. The standard InChI is InChI=1S/C13H11ClN2O2/c1-10(17)16(12-5-3-2-4-6-12)13-9-11(14)7-8-15(13)18/h2-9H,1H3. The Labute approximate surface area is 110 Å². The van der Waals surface area contributed by atoms with Gasteiger partial charge >= 0.3 is 5.91 Å². The Morgan fingerprint density at radius 1 is 1.28 bits per heavy atom. The van der Waals surface area contributed by atoms with Gasteiger partial charge in [-0.3, -0.25) is 0 Å². The van der Waals surface area contributed by atoms with Gasteiger partial charge in [0.15, 0.2) is 0 Å². The molecule has 0 N–H and O–H groups in total. The van der Waals surface area contributed by atoms with Gasteiger partial charge in [0.05, 0.1) is 11.2 Å². The van der Waals surface area contributed by atoms with Crippen LogP contribution in [0.3, 0.4) is 0 Å². The highest BCUT2D eigenvalue weighted by Crippen LogP contribution is 2.24. The van der Waals surface area contributed by atoms with E-state index in [4.69, 9.17) is 11.6 Å². The summed E-state index contributed by atoms with van der Waals surface area (Å²) < 4.78 is 0.611. The van der Waals surface area contributed by atoms with Crippen LogP contribution in [0, 0.1) is 5.21 Å². The molecule has 18 heavy (non-hydrogen) atoms. The molecule has 0 aliphatic rings. The molecular formula is C13H11ClN2O2. The van der Waals surface area contributed by atoms with Crippen LogP contribution in [0.25, 0.3) is 0 Å². The van der Waals surface area contributed by atoms with Crippen molar-refractivity contribution < 1.29 is 9.52 Å². The highest BCUT2D eigenvalue weighted by molar-refractivity contribution is 6.30. The number of hydrogen-bond donors (Lipinski definition) is 0. The van der Waals surface area contributed by atoms with E-state index >= 15 is 0 Å². The summed E-state index contributed by atoms with van der Waals surface area (Å²) in [6, 6.07) is 11.9. The minimum absolute atomic E-state index is 0.182. The molecule has 2 aromatic rings. The number of carbonyl (C=O) groups excluding carboxylic acids is 1. The number of rotatable bonds is 2. The Balaban J connectivity index is 2.55. The molecule has 0 unspecified atom stereocenters. The summed E-state index contributed by atoms with van der Waals surface area (Å²) >= 11 is 5.86. The van der Waals surface area contributed by atoms with Crippen LogP contribution >= 0.6 is 11.6 Å². The van der Waals surface area contributed by atoms with E-state index in [0.717, 1.165) is 0 Å². The summed E-state index contributed by atoms with van der Waals surface area (Å²) in [4.78, 5) is 13.1. The van der Waals surface area contributed by atoms with Crippen molar-refractivity contribution in [1.29, 1.82) is 0 Å². The zero-order valence-electron chi connectivity index (χ0n) is 9.71. The van der Waals surface area contributed by atoms with E-state index in [9.17, 15) is 10.0 Å². The topological polar surface area (TPSA) is 47.2 Å². The van der Waals surface area contributed by atoms with E-state index in [1.54, 1.807) is 24.3 Å². The highest BCUT2D eigenvalue weighted by Gasteiger charge is 2.24. The molecule has 1 aromatic carbocycles. The molecule has 0 saturated heterocycles. The molecule has 0 aliphatic heterocycles. The molecule has 0 atom stereocenters. The van der Waals surface area contributed by atoms with E-state index in [0.29, 0.717) is 15.4 Å². The first-order valence-corrected chi connectivity index (χ1v) is 5.72. The Kier molecular flexibility index (Phi) is 3.48. The molecular weight excluding hydrogens is 252 g/mol. The van der Waals surface area contributed by atoms with Crippen molar-refractivity contribution in [3.8, 4) is 0 Å². The van der Waals surface area contributed by atoms with E-state index in [2.05, 4.69) is 0 Å². The van der Waals surface area contributed by atoms with Crippen LogP contribution in [0.5, 0.6) is 0 Å². The second-order valence-corrected chi connectivity index (χ2v) is 4.16. The number of aromatic nitrogens is 1. The fourth-order valence-electron chi connectivity index (χ4n) is 1.67. The third kappa shape index (κ3) is 2.43. The van der Waals surface area contributed by atoms with E-state index in [1.807, 2.05) is 6.07 Å². The maximum Gasteiger partial charge on any atom is 0.311 e. The van der Waals surface area contributed by atoms with Crippen LogP contribution in [0.4, 0.5) is 11.5 Å². The predicted molar refractivity (Wildman–Crippen MR) is 69.7 cm³/mol. The zero-order valence-corrected chi connectivity index (χ0v) is 10.5. The van der Waals surface area contributed by atoms with Crippen molar-refractivity contribution in [2.75, 3.05) is 4.90 Å². The van der Waals surface area contributed by atoms with E-state index < -0.39 is 0 Å². The number of carbonyl (C=O) groups is 1. The lowest BCUT2D eigenvalue weighted by atomic mass is 10.2. The molecule has 92 valence electrons. The van der Waals surface area contributed by atoms with Gasteiger partial charge < -0.3 is 5.21 Å². The maximum absolute atomic E-state index is 11.8. The van der Waals surface area contributed by atoms with Crippen molar-refractivity contribution in [3.63, 3.8) is 0 Å². The fourth-order valence-corrected chi connectivity index (χ4v) is 1.82. The van der Waals surface area contributed by atoms with Crippen LogP contribution < -0.4 is 9.63 Å². The number of pyridine rings is 1. The van der Waals surface area contributed by atoms with Gasteiger partial charge in [-0.1, -0.05) is 29.8 Å². The lowest BCUT2D eigenvalue weighted by Gasteiger charge is -2.17. The first kappa shape index (κ1) is 12.4. The van der Waals surface area contributed by atoms with Gasteiger partial charge in [-0.2, -0.15) is 4.90 Å². The van der Waals surface area contributed by atoms with Gasteiger partial charge in [0.2, 0.25) is 0 Å². The molecule has 4 nitrogen and oxygen atoms in total. The number of benzene rings is 1. The monoisotopic (exact) mass is 262 g/mol. The Morgan fingerprint density at radius 2 is 1.94 bits per heavy atom. The minimum atomic E-state index is -0.256. The molecule has 2 rings (SSSR count). The number of anilines is 2. The molecule has 1 amide bonds. The number of nitrogens with zero attached hydrogens (tertiary/aromatic N) is 2. The Morgan fingerprint density at radius 3 is 2.56 bits per heavy atom. The van der Waals surface area contributed by atoms with Crippen LogP contribution in [0.2, 0.25) is 5.02 Å². The van der Waals surface area contributed by atoms with Gasteiger partial charge in [-0.15, -0.1) is 0 Å². The summed E-state index contributed by atoms with van der Waals surface area (Å²) in [7, 11) is 0. The maximum atomic E-state index is 11.8. The lowest BCUT2D eigenvalue weighted by molar-refractivity contribution is -0.591. The number of hydrogen-bond acceptors (Lipinski definition) is 2. The quantitative estimate of drug-likeness (QED) is 0.617. The van der Waals surface area contributed by atoms with Crippen LogP contribution in [0.1, 0.15) is 6.92 Å². The minimum Gasteiger partial charge on any atom is -0.711 e. The van der Waals surface area contributed by atoms with Crippen molar-refractivity contribution in [1.82, 2.24) is 0 Å². The summed E-state index contributed by atoms with van der Waals surface area (Å²) in [5, 5.41) is 12.2. The first-order chi connectivity index (χ1) is 8.59. The molecule has 0 aliphatic carbocycles. The van der Waals surface area contributed by atoms with E-state index in [1.165, 1.54) is 30.2 Å². The summed E-state index contributed by atoms with van der Waals surface area (Å²) in [6.45, 7) is 1.40. The van der Waals surface area contributed by atoms with E-state index in [-0.39, 0.29) is 11.7 Å². The number of para-hydroxylation sites is 1. The highest BCUT2D eigenvalue weighted by atomic mass is 35.5. The lowest BCUT2D eigenvalue weighted by Crippen LogP contribution is -2.37. The van der Waals surface area contributed by atoms with Crippen molar-refractivity contribution in [3.05, 3.63) is 58.9 Å². The molecule has 1 heterocycles. The van der Waals surface area contributed by atoms with Gasteiger partial charge in [0.25, 0.3) is 5.82 Å². The molecule has 0 spiro atoms. The SMILES string of the molecule is CC(=O)N(c1ccccc1)c1cc(Cl)cc[n+]1[O-].